The number of phenols is 1. The highest BCUT2D eigenvalue weighted by atomic mass is 16.3. The number of aromatic hydroxyl groups is 1. The molecule has 2 aromatic carbocycles. The second-order valence-electron chi connectivity index (χ2n) is 8.14. The Labute approximate surface area is 186 Å². The number of carbonyl (C=O) groups excluding carboxylic acids is 2. The lowest BCUT2D eigenvalue weighted by atomic mass is 10.0. The number of nitrogens with two attached hydrogens (primary N) is 2. The summed E-state index contributed by atoms with van der Waals surface area (Å²) < 4.78 is 0. The summed E-state index contributed by atoms with van der Waals surface area (Å²) in [5.74, 6) is 0.227. The Morgan fingerprint density at radius 3 is 2.69 bits per heavy atom. The zero-order chi connectivity index (χ0) is 22.7. The molecule has 2 heterocycles. The van der Waals surface area contributed by atoms with Gasteiger partial charge in [0, 0.05) is 24.7 Å². The monoisotopic (exact) mass is 433 g/mol. The van der Waals surface area contributed by atoms with Gasteiger partial charge in [-0.3, -0.25) is 9.59 Å². The third kappa shape index (κ3) is 4.65. The van der Waals surface area contributed by atoms with Crippen LogP contribution in [0.4, 0.5) is 5.82 Å². The summed E-state index contributed by atoms with van der Waals surface area (Å²) in [5, 5.41) is 14.2. The summed E-state index contributed by atoms with van der Waals surface area (Å²) >= 11 is 0. The maximum atomic E-state index is 12.9. The Kier molecular flexibility index (Phi) is 6.23. The summed E-state index contributed by atoms with van der Waals surface area (Å²) in [4.78, 5) is 31.5. The molecule has 1 saturated heterocycles. The third-order valence-electron chi connectivity index (χ3n) is 5.87. The summed E-state index contributed by atoms with van der Waals surface area (Å²) in [6, 6.07) is 13.0. The first-order valence-electron chi connectivity index (χ1n) is 10.7. The average Bonchev–Trinajstić information content (AvgIpc) is 3.28. The van der Waals surface area contributed by atoms with Crippen LogP contribution in [0.2, 0.25) is 0 Å². The molecule has 1 unspecified atom stereocenters. The topological polar surface area (TPSA) is 135 Å². The van der Waals surface area contributed by atoms with E-state index in [2.05, 4.69) is 10.3 Å². The number of nitrogens with one attached hydrogen (secondary N) is 1. The van der Waals surface area contributed by atoms with Crippen molar-refractivity contribution in [1.29, 1.82) is 0 Å². The van der Waals surface area contributed by atoms with Crippen LogP contribution in [0.5, 0.6) is 5.75 Å². The van der Waals surface area contributed by atoms with Gasteiger partial charge in [0.1, 0.15) is 17.6 Å². The van der Waals surface area contributed by atoms with Crippen LogP contribution in [-0.2, 0) is 22.6 Å². The first-order chi connectivity index (χ1) is 15.4. The SMILES string of the molecule is Nc1nccc2cc(CNC(=O)[C@@H]3CCCN3C(=O)C(N)Cc3ccc(O)cc3)ccc12. The lowest BCUT2D eigenvalue weighted by molar-refractivity contribution is -0.139. The van der Waals surface area contributed by atoms with Crippen molar-refractivity contribution >= 4 is 28.4 Å². The van der Waals surface area contributed by atoms with Crippen molar-refractivity contribution in [3.8, 4) is 5.75 Å². The molecule has 0 radical (unpaired) electrons. The van der Waals surface area contributed by atoms with Crippen LogP contribution in [0.15, 0.2) is 54.7 Å². The number of likely N-dealkylation sites (tertiary alicyclic amines) is 1. The molecule has 2 amide bonds. The molecule has 2 atom stereocenters. The van der Waals surface area contributed by atoms with Gasteiger partial charge in [0.25, 0.3) is 0 Å². The summed E-state index contributed by atoms with van der Waals surface area (Å²) in [6.07, 6.45) is 3.38. The Bertz CT molecular complexity index is 1130. The van der Waals surface area contributed by atoms with E-state index in [1.807, 2.05) is 24.3 Å². The highest BCUT2D eigenvalue weighted by Crippen LogP contribution is 2.22. The van der Waals surface area contributed by atoms with E-state index in [1.54, 1.807) is 35.4 Å². The van der Waals surface area contributed by atoms with E-state index in [0.29, 0.717) is 31.7 Å². The van der Waals surface area contributed by atoms with Crippen LogP contribution >= 0.6 is 0 Å². The van der Waals surface area contributed by atoms with Gasteiger partial charge in [-0.2, -0.15) is 0 Å². The van der Waals surface area contributed by atoms with Crippen molar-refractivity contribution in [2.45, 2.75) is 37.9 Å². The summed E-state index contributed by atoms with van der Waals surface area (Å²) in [6.45, 7) is 0.873. The minimum atomic E-state index is -0.743. The molecule has 1 aliphatic heterocycles. The predicted octanol–water partition coefficient (Wildman–Crippen LogP) is 1.70. The highest BCUT2D eigenvalue weighted by molar-refractivity contribution is 5.92. The normalized spacial score (nSPS) is 16.8. The van der Waals surface area contributed by atoms with Gasteiger partial charge < -0.3 is 26.8 Å². The van der Waals surface area contributed by atoms with Crippen molar-refractivity contribution in [2.75, 3.05) is 12.3 Å². The number of anilines is 1. The largest absolute Gasteiger partial charge is 0.508 e. The molecule has 0 spiro atoms. The second kappa shape index (κ2) is 9.23. The number of carbonyl (C=O) groups is 2. The zero-order valence-electron chi connectivity index (χ0n) is 17.7. The highest BCUT2D eigenvalue weighted by Gasteiger charge is 2.36. The first-order valence-corrected chi connectivity index (χ1v) is 10.7. The molecule has 3 aromatic rings. The van der Waals surface area contributed by atoms with E-state index in [1.165, 1.54) is 0 Å². The molecule has 1 aliphatic rings. The number of amides is 2. The molecule has 1 fully saturated rings. The Morgan fingerprint density at radius 2 is 1.91 bits per heavy atom. The van der Waals surface area contributed by atoms with Crippen molar-refractivity contribution in [3.63, 3.8) is 0 Å². The molecule has 8 nitrogen and oxygen atoms in total. The smallest absolute Gasteiger partial charge is 0.243 e. The number of rotatable bonds is 6. The number of nitrogens with zero attached hydrogens (tertiary/aromatic N) is 2. The number of aromatic nitrogens is 1. The molecule has 0 saturated carbocycles. The number of benzene rings is 2. The van der Waals surface area contributed by atoms with E-state index >= 15 is 0 Å². The van der Waals surface area contributed by atoms with E-state index in [9.17, 15) is 14.7 Å². The Morgan fingerprint density at radius 1 is 1.16 bits per heavy atom. The number of phenolic OH excluding ortho intramolecular Hbond substituents is 1. The minimum Gasteiger partial charge on any atom is -0.508 e. The number of hydrogen-bond acceptors (Lipinski definition) is 6. The fourth-order valence-corrected chi connectivity index (χ4v) is 4.16. The maximum Gasteiger partial charge on any atom is 0.243 e. The van der Waals surface area contributed by atoms with Crippen molar-refractivity contribution in [3.05, 3.63) is 65.9 Å². The van der Waals surface area contributed by atoms with Gasteiger partial charge in [0.2, 0.25) is 11.8 Å². The molecular formula is C24H27N5O3. The van der Waals surface area contributed by atoms with Gasteiger partial charge in [-0.15, -0.1) is 0 Å². The predicted molar refractivity (Wildman–Crippen MR) is 123 cm³/mol. The molecule has 32 heavy (non-hydrogen) atoms. The van der Waals surface area contributed by atoms with Gasteiger partial charge >= 0.3 is 0 Å². The standard InChI is InChI=1S/C24H27N5O3/c25-20(13-15-3-6-18(30)7-4-15)24(32)29-11-1-2-21(29)23(31)28-14-16-5-8-19-17(12-16)9-10-27-22(19)26/h3-10,12,20-21,30H,1-2,11,13-14,25H2,(H2,26,27)(H,28,31)/t20?,21-/m0/s1. The van der Waals surface area contributed by atoms with E-state index in [-0.39, 0.29) is 17.6 Å². The van der Waals surface area contributed by atoms with Gasteiger partial charge in [0.05, 0.1) is 6.04 Å². The number of pyridine rings is 1. The summed E-state index contributed by atoms with van der Waals surface area (Å²) in [5.41, 5.74) is 13.9. The third-order valence-corrected chi connectivity index (χ3v) is 5.87. The molecule has 8 heteroatoms. The number of nitrogen functional groups attached to an aromatic ring is 1. The molecule has 0 bridgehead atoms. The lowest BCUT2D eigenvalue weighted by Gasteiger charge is -2.27. The van der Waals surface area contributed by atoms with Crippen LogP contribution < -0.4 is 16.8 Å². The molecule has 6 N–H and O–H groups in total. The van der Waals surface area contributed by atoms with Crippen molar-refractivity contribution in [2.24, 2.45) is 5.73 Å². The Balaban J connectivity index is 1.37. The van der Waals surface area contributed by atoms with Crippen molar-refractivity contribution in [1.82, 2.24) is 15.2 Å². The molecule has 1 aromatic heterocycles. The van der Waals surface area contributed by atoms with Crippen LogP contribution in [0.25, 0.3) is 10.8 Å². The molecule has 0 aliphatic carbocycles. The van der Waals surface area contributed by atoms with Gasteiger partial charge in [-0.1, -0.05) is 24.3 Å². The number of hydrogen-bond donors (Lipinski definition) is 4. The lowest BCUT2D eigenvalue weighted by Crippen LogP contribution is -2.51. The number of fused-ring (bicyclic) bond motifs is 1. The fraction of sp³-hybridized carbons (Fsp3) is 0.292. The van der Waals surface area contributed by atoms with Crippen LogP contribution in [0.1, 0.15) is 24.0 Å². The second-order valence-corrected chi connectivity index (χ2v) is 8.14. The molecular weight excluding hydrogens is 406 g/mol. The van der Waals surface area contributed by atoms with Gasteiger partial charge in [-0.05, 0) is 60.0 Å². The zero-order valence-corrected chi connectivity index (χ0v) is 17.7. The summed E-state index contributed by atoms with van der Waals surface area (Å²) in [7, 11) is 0. The van der Waals surface area contributed by atoms with Crippen molar-refractivity contribution < 1.29 is 14.7 Å². The first kappa shape index (κ1) is 21.6. The molecule has 4 rings (SSSR count). The quantitative estimate of drug-likeness (QED) is 0.467. The fourth-order valence-electron chi connectivity index (χ4n) is 4.16. The molecule has 166 valence electrons. The van der Waals surface area contributed by atoms with Crippen LogP contribution in [-0.4, -0.2) is 45.4 Å². The van der Waals surface area contributed by atoms with Crippen LogP contribution in [0.3, 0.4) is 0 Å². The van der Waals surface area contributed by atoms with Gasteiger partial charge in [0.15, 0.2) is 0 Å². The maximum absolute atomic E-state index is 12.9. The average molecular weight is 434 g/mol. The van der Waals surface area contributed by atoms with E-state index in [4.69, 9.17) is 11.5 Å². The van der Waals surface area contributed by atoms with Crippen LogP contribution in [0, 0.1) is 0 Å². The van der Waals surface area contributed by atoms with E-state index in [0.717, 1.165) is 28.3 Å². The van der Waals surface area contributed by atoms with E-state index < -0.39 is 12.1 Å². The Hall–Kier alpha value is -3.65. The van der Waals surface area contributed by atoms with Gasteiger partial charge in [-0.25, -0.2) is 4.98 Å². The minimum absolute atomic E-state index is 0.163.